The number of nitrogens with one attached hydrogen (secondary N) is 1. The normalized spacial score (nSPS) is 12.0. The maximum absolute atomic E-state index is 13.4. The molecule has 0 aliphatic rings. The maximum Gasteiger partial charge on any atom is 0.273 e. The smallest absolute Gasteiger partial charge is 0.273 e. The van der Waals surface area contributed by atoms with Crippen molar-refractivity contribution in [2.75, 3.05) is 0 Å². The molecule has 1 atom stereocenters. The van der Waals surface area contributed by atoms with Gasteiger partial charge in [0.2, 0.25) is 0 Å². The summed E-state index contributed by atoms with van der Waals surface area (Å²) < 4.78 is 0. The molecule has 162 valence electrons. The van der Waals surface area contributed by atoms with Crippen LogP contribution in [0.2, 0.25) is 0 Å². The molecule has 4 aromatic rings. The van der Waals surface area contributed by atoms with Gasteiger partial charge in [0.05, 0.1) is 0 Å². The molecular formula is C28H28N2O2. The number of carbonyl (C=O) groups is 1. The fourth-order valence-corrected chi connectivity index (χ4v) is 4.07. The van der Waals surface area contributed by atoms with Gasteiger partial charge in [0, 0.05) is 27.7 Å². The second-order valence-corrected chi connectivity index (χ2v) is 8.20. The van der Waals surface area contributed by atoms with E-state index in [2.05, 4.69) is 42.8 Å². The van der Waals surface area contributed by atoms with Gasteiger partial charge >= 0.3 is 0 Å². The molecule has 1 heterocycles. The van der Waals surface area contributed by atoms with Gasteiger partial charge in [0.1, 0.15) is 12.6 Å². The second kappa shape index (κ2) is 9.25. The third-order valence-corrected chi connectivity index (χ3v) is 5.59. The van der Waals surface area contributed by atoms with E-state index in [4.69, 9.17) is 4.84 Å². The summed E-state index contributed by atoms with van der Waals surface area (Å²) in [4.78, 5) is 23.1. The lowest BCUT2D eigenvalue weighted by Gasteiger charge is -2.32. The number of benzene rings is 3. The van der Waals surface area contributed by atoms with Gasteiger partial charge < -0.3 is 4.98 Å². The Morgan fingerprint density at radius 1 is 1.00 bits per heavy atom. The minimum absolute atomic E-state index is 0.239. The number of para-hydroxylation sites is 1. The van der Waals surface area contributed by atoms with Gasteiger partial charge in [-0.15, -0.1) is 0 Å². The van der Waals surface area contributed by atoms with Crippen molar-refractivity contribution < 1.29 is 9.63 Å². The Hall–Kier alpha value is -3.63. The highest BCUT2D eigenvalue weighted by Crippen LogP contribution is 2.37. The number of H-pyrrole nitrogens is 1. The Morgan fingerprint density at radius 3 is 2.44 bits per heavy atom. The molecule has 1 unspecified atom stereocenters. The van der Waals surface area contributed by atoms with E-state index in [0.29, 0.717) is 5.57 Å². The summed E-state index contributed by atoms with van der Waals surface area (Å²) in [7, 11) is 0. The number of rotatable bonds is 7. The molecule has 4 nitrogen and oxygen atoms in total. The Labute approximate surface area is 189 Å². The highest BCUT2D eigenvalue weighted by atomic mass is 16.7. The summed E-state index contributed by atoms with van der Waals surface area (Å²) in [6, 6.07) is 25.8. The van der Waals surface area contributed by atoms with Crippen molar-refractivity contribution in [1.82, 2.24) is 10.0 Å². The molecule has 0 radical (unpaired) electrons. The largest absolute Gasteiger partial charge is 0.358 e. The molecule has 1 N–H and O–H groups in total. The summed E-state index contributed by atoms with van der Waals surface area (Å²) in [5.41, 5.74) is 6.58. The first-order chi connectivity index (χ1) is 15.5. The van der Waals surface area contributed by atoms with Gasteiger partial charge in [0.15, 0.2) is 0 Å². The number of nitrogens with zero attached hydrogens (tertiary/aromatic N) is 1. The summed E-state index contributed by atoms with van der Waals surface area (Å²) in [5, 5.41) is 2.56. The predicted molar refractivity (Wildman–Crippen MR) is 129 cm³/mol. The monoisotopic (exact) mass is 424 g/mol. The van der Waals surface area contributed by atoms with Gasteiger partial charge in [-0.1, -0.05) is 84.9 Å². The van der Waals surface area contributed by atoms with Crippen LogP contribution in [0.25, 0.3) is 10.9 Å². The van der Waals surface area contributed by atoms with E-state index in [0.717, 1.165) is 38.9 Å². The van der Waals surface area contributed by atoms with Crippen LogP contribution < -0.4 is 0 Å². The topological polar surface area (TPSA) is 45.3 Å². The van der Waals surface area contributed by atoms with Gasteiger partial charge in [-0.25, -0.2) is 5.06 Å². The fourth-order valence-electron chi connectivity index (χ4n) is 4.07. The van der Waals surface area contributed by atoms with Crippen molar-refractivity contribution in [3.05, 3.63) is 119 Å². The molecule has 0 aliphatic carbocycles. The number of hydrogen-bond acceptors (Lipinski definition) is 2. The first-order valence-electron chi connectivity index (χ1n) is 10.8. The van der Waals surface area contributed by atoms with Crippen molar-refractivity contribution in [3.8, 4) is 0 Å². The minimum atomic E-state index is -0.432. The molecular weight excluding hydrogens is 396 g/mol. The van der Waals surface area contributed by atoms with Gasteiger partial charge in [-0.2, -0.15) is 0 Å². The molecule has 0 saturated carbocycles. The number of carbonyl (C=O) groups excluding carboxylic acids is 1. The molecule has 0 bridgehead atoms. The number of hydroxylamine groups is 2. The highest BCUT2D eigenvalue weighted by molar-refractivity contribution is 5.93. The van der Waals surface area contributed by atoms with Crippen molar-refractivity contribution in [1.29, 1.82) is 0 Å². The fraction of sp³-hybridized carbons (Fsp3) is 0.179. The van der Waals surface area contributed by atoms with Crippen molar-refractivity contribution in [3.63, 3.8) is 0 Å². The van der Waals surface area contributed by atoms with Crippen molar-refractivity contribution in [2.45, 2.75) is 33.4 Å². The van der Waals surface area contributed by atoms with Crippen LogP contribution >= 0.6 is 0 Å². The quantitative estimate of drug-likeness (QED) is 0.275. The molecule has 3 aromatic carbocycles. The average Bonchev–Trinajstić information content (AvgIpc) is 3.12. The minimum Gasteiger partial charge on any atom is -0.358 e. The Bertz CT molecular complexity index is 1260. The third kappa shape index (κ3) is 4.36. The Morgan fingerprint density at radius 2 is 1.72 bits per heavy atom. The zero-order chi connectivity index (χ0) is 22.7. The summed E-state index contributed by atoms with van der Waals surface area (Å²) in [5.74, 6) is -0.239. The zero-order valence-corrected chi connectivity index (χ0v) is 18.8. The number of amides is 1. The van der Waals surface area contributed by atoms with E-state index in [1.165, 1.54) is 5.06 Å². The number of aryl methyl sites for hydroxylation is 2. The number of fused-ring (bicyclic) bond motifs is 1. The molecule has 0 spiro atoms. The maximum atomic E-state index is 13.4. The molecule has 0 fully saturated rings. The lowest BCUT2D eigenvalue weighted by molar-refractivity contribution is -0.198. The van der Waals surface area contributed by atoms with Gasteiger partial charge in [-0.3, -0.25) is 9.63 Å². The van der Waals surface area contributed by atoms with Crippen LogP contribution in [0.1, 0.15) is 40.9 Å². The highest BCUT2D eigenvalue weighted by Gasteiger charge is 2.32. The number of aromatic nitrogens is 1. The van der Waals surface area contributed by atoms with Crippen LogP contribution in [-0.2, 0) is 16.2 Å². The molecule has 4 heteroatoms. The average molecular weight is 425 g/mol. The SMILES string of the molecule is C=C(C)C(=O)N(OCc1ccccc1)C(c1cccc(C)c1)c1c(C)[nH]c2ccccc12. The molecule has 4 rings (SSSR count). The van der Waals surface area contributed by atoms with E-state index in [1.807, 2.05) is 61.5 Å². The lowest BCUT2D eigenvalue weighted by atomic mass is 9.94. The van der Waals surface area contributed by atoms with Crippen molar-refractivity contribution >= 4 is 16.8 Å². The van der Waals surface area contributed by atoms with Crippen LogP contribution in [0.15, 0.2) is 91.0 Å². The van der Waals surface area contributed by atoms with Gasteiger partial charge in [0.25, 0.3) is 5.91 Å². The standard InChI is InChI=1S/C28H28N2O2/c1-19(2)28(31)30(32-18-22-12-6-5-7-13-22)27(23-14-10-11-20(3)17-23)26-21(4)29-25-16-9-8-15-24(25)26/h5-17,27,29H,1,18H2,2-4H3. The van der Waals surface area contributed by atoms with E-state index in [9.17, 15) is 4.79 Å². The molecule has 0 saturated heterocycles. The van der Waals surface area contributed by atoms with E-state index < -0.39 is 6.04 Å². The number of hydrogen-bond donors (Lipinski definition) is 1. The summed E-state index contributed by atoms with van der Waals surface area (Å²) >= 11 is 0. The van der Waals surface area contributed by atoms with Crippen molar-refractivity contribution in [2.24, 2.45) is 0 Å². The molecule has 1 aromatic heterocycles. The van der Waals surface area contributed by atoms with E-state index in [-0.39, 0.29) is 12.5 Å². The van der Waals surface area contributed by atoms with E-state index >= 15 is 0 Å². The second-order valence-electron chi connectivity index (χ2n) is 8.20. The van der Waals surface area contributed by atoms with Crippen LogP contribution in [0, 0.1) is 13.8 Å². The Balaban J connectivity index is 1.88. The first kappa shape index (κ1) is 21.6. The lowest BCUT2D eigenvalue weighted by Crippen LogP contribution is -2.36. The Kier molecular flexibility index (Phi) is 6.24. The number of aromatic amines is 1. The predicted octanol–water partition coefficient (Wildman–Crippen LogP) is 6.41. The molecule has 32 heavy (non-hydrogen) atoms. The van der Waals surface area contributed by atoms with Crippen LogP contribution in [0.3, 0.4) is 0 Å². The third-order valence-electron chi connectivity index (χ3n) is 5.59. The summed E-state index contributed by atoms with van der Waals surface area (Å²) in [6.45, 7) is 10.0. The van der Waals surface area contributed by atoms with Gasteiger partial charge in [-0.05, 0) is 38.0 Å². The molecule has 1 amide bonds. The van der Waals surface area contributed by atoms with E-state index in [1.54, 1.807) is 6.92 Å². The van der Waals surface area contributed by atoms with Crippen LogP contribution in [0.4, 0.5) is 0 Å². The molecule has 0 aliphatic heterocycles. The summed E-state index contributed by atoms with van der Waals surface area (Å²) in [6.07, 6.45) is 0. The van der Waals surface area contributed by atoms with Crippen LogP contribution in [-0.4, -0.2) is 16.0 Å². The zero-order valence-electron chi connectivity index (χ0n) is 18.8. The van der Waals surface area contributed by atoms with Crippen LogP contribution in [0.5, 0.6) is 0 Å². The first-order valence-corrected chi connectivity index (χ1v) is 10.8.